The Morgan fingerprint density at radius 3 is 1.65 bits per heavy atom. The predicted octanol–water partition coefficient (Wildman–Crippen LogP) is 12.5. The summed E-state index contributed by atoms with van der Waals surface area (Å²) in [5.74, 6) is 2.50. The number of imidazole rings is 1. The highest BCUT2D eigenvalue weighted by atomic mass is 15.2. The molecule has 0 N–H and O–H groups in total. The molecule has 2 heterocycles. The fraction of sp³-hybridized carbons (Fsp3) is 0. The topological polar surface area (TPSA) is 56.5 Å². The molecular weight excluding hydrogens is 671 g/mol. The molecule has 11 aromatic rings. The maximum Gasteiger partial charge on any atom is 0.240 e. The lowest BCUT2D eigenvalue weighted by Gasteiger charge is -2.14. The third kappa shape index (κ3) is 4.41. The van der Waals surface area contributed by atoms with Crippen molar-refractivity contribution in [3.63, 3.8) is 0 Å². The Hall–Kier alpha value is -7.50. The van der Waals surface area contributed by atoms with Crippen LogP contribution < -0.4 is 0 Å². The molecular formula is C50H29N5. The minimum absolute atomic E-state index is 0.516. The van der Waals surface area contributed by atoms with Crippen molar-refractivity contribution >= 4 is 54.1 Å². The highest BCUT2D eigenvalue weighted by Crippen LogP contribution is 2.49. The van der Waals surface area contributed by atoms with E-state index in [2.05, 4.69) is 144 Å². The first-order chi connectivity index (χ1) is 27.3. The number of aromatic nitrogens is 5. The lowest BCUT2D eigenvalue weighted by atomic mass is 9.93. The van der Waals surface area contributed by atoms with Gasteiger partial charge in [0.05, 0.1) is 11.0 Å². The van der Waals surface area contributed by atoms with Crippen LogP contribution >= 0.6 is 0 Å². The van der Waals surface area contributed by atoms with Gasteiger partial charge in [-0.15, -0.1) is 0 Å². The van der Waals surface area contributed by atoms with Gasteiger partial charge in [0.25, 0.3) is 0 Å². The van der Waals surface area contributed by atoms with Gasteiger partial charge in [-0.05, 0) is 89.6 Å². The van der Waals surface area contributed by atoms with E-state index in [0.717, 1.165) is 44.3 Å². The van der Waals surface area contributed by atoms with Gasteiger partial charge in [0, 0.05) is 16.7 Å². The van der Waals surface area contributed by atoms with Crippen molar-refractivity contribution < 1.29 is 0 Å². The van der Waals surface area contributed by atoms with Gasteiger partial charge in [-0.25, -0.2) is 9.97 Å². The van der Waals surface area contributed by atoms with E-state index < -0.39 is 0 Å². The summed E-state index contributed by atoms with van der Waals surface area (Å²) in [5.41, 5.74) is 9.64. The summed E-state index contributed by atoms with van der Waals surface area (Å²) in [6.45, 7) is 0. The van der Waals surface area contributed by atoms with Crippen molar-refractivity contribution in [3.8, 4) is 62.4 Å². The normalized spacial score (nSPS) is 12.0. The second kappa shape index (κ2) is 11.5. The molecule has 1 aliphatic carbocycles. The number of nitrogens with zero attached hydrogens (tertiary/aromatic N) is 5. The van der Waals surface area contributed by atoms with Crippen LogP contribution in [0.4, 0.5) is 0 Å². The molecule has 0 aliphatic heterocycles. The maximum absolute atomic E-state index is 5.34. The third-order valence-electron chi connectivity index (χ3n) is 11.2. The number of para-hydroxylation sites is 2. The molecule has 0 bridgehead atoms. The molecule has 0 unspecified atom stereocenters. The van der Waals surface area contributed by atoms with Gasteiger partial charge in [-0.2, -0.15) is 9.97 Å². The molecule has 1 aliphatic rings. The van der Waals surface area contributed by atoms with E-state index in [1.54, 1.807) is 0 Å². The zero-order valence-corrected chi connectivity index (χ0v) is 29.5. The fourth-order valence-electron chi connectivity index (χ4n) is 8.77. The van der Waals surface area contributed by atoms with Crippen molar-refractivity contribution in [2.75, 3.05) is 0 Å². The number of hydrogen-bond acceptors (Lipinski definition) is 4. The van der Waals surface area contributed by atoms with Crippen LogP contribution in [0.2, 0.25) is 0 Å². The molecule has 0 atom stereocenters. The summed E-state index contributed by atoms with van der Waals surface area (Å²) in [7, 11) is 0. The van der Waals surface area contributed by atoms with E-state index >= 15 is 0 Å². The monoisotopic (exact) mass is 699 g/mol. The first-order valence-electron chi connectivity index (χ1n) is 18.6. The molecule has 9 aromatic carbocycles. The van der Waals surface area contributed by atoms with Crippen molar-refractivity contribution in [1.82, 2.24) is 24.5 Å². The molecule has 0 fully saturated rings. The van der Waals surface area contributed by atoms with Crippen LogP contribution in [-0.4, -0.2) is 24.5 Å². The third-order valence-corrected chi connectivity index (χ3v) is 11.2. The average molecular weight is 700 g/mol. The van der Waals surface area contributed by atoms with Gasteiger partial charge >= 0.3 is 0 Å². The zero-order chi connectivity index (χ0) is 36.0. The lowest BCUT2D eigenvalue weighted by molar-refractivity contribution is 0.930. The van der Waals surface area contributed by atoms with Gasteiger partial charge < -0.3 is 0 Å². The lowest BCUT2D eigenvalue weighted by Crippen LogP contribution is -2.08. The minimum atomic E-state index is 0.516. The largest absolute Gasteiger partial charge is 0.260 e. The van der Waals surface area contributed by atoms with E-state index in [1.165, 1.54) is 54.6 Å². The number of fused-ring (bicyclic) bond motifs is 10. The molecule has 2 aromatic heterocycles. The Morgan fingerprint density at radius 2 is 0.891 bits per heavy atom. The average Bonchev–Trinajstić information content (AvgIpc) is 3.81. The smallest absolute Gasteiger partial charge is 0.240 e. The Balaban J connectivity index is 1.16. The standard InChI is InChI=1S/C50H29N5/c1-2-13-30(14-3-1)49-51-44-23-10-11-24-45(44)55(49)50-53-47(31-25-26-38-34-17-5-4-15-32(34)33-16-6-9-20-37(33)43(38)29-31)52-48(54-50)42-28-27-41-36-19-8-7-18-35(36)39-21-12-22-40(42)46(39)41/h1-29H. The quantitative estimate of drug-likeness (QED) is 0.172. The Labute approximate surface area is 315 Å². The van der Waals surface area contributed by atoms with Crippen LogP contribution in [0.25, 0.3) is 116 Å². The summed E-state index contributed by atoms with van der Waals surface area (Å²) >= 11 is 0. The van der Waals surface area contributed by atoms with E-state index in [0.29, 0.717) is 17.6 Å². The maximum atomic E-state index is 5.34. The van der Waals surface area contributed by atoms with E-state index in [1.807, 2.05) is 36.4 Å². The van der Waals surface area contributed by atoms with Crippen molar-refractivity contribution in [1.29, 1.82) is 0 Å². The predicted molar refractivity (Wildman–Crippen MR) is 225 cm³/mol. The van der Waals surface area contributed by atoms with Gasteiger partial charge in [-0.3, -0.25) is 4.57 Å². The number of hydrogen-bond donors (Lipinski definition) is 0. The van der Waals surface area contributed by atoms with Gasteiger partial charge in [0.15, 0.2) is 11.6 Å². The van der Waals surface area contributed by atoms with E-state index in [-0.39, 0.29) is 0 Å². The highest BCUT2D eigenvalue weighted by molar-refractivity contribution is 6.25. The van der Waals surface area contributed by atoms with Crippen LogP contribution in [-0.2, 0) is 0 Å². The van der Waals surface area contributed by atoms with Crippen LogP contribution in [0.1, 0.15) is 0 Å². The molecule has 254 valence electrons. The SMILES string of the molecule is c1ccc(-c2nc3ccccc3n2-c2nc(-c3ccc4c5ccccc5c5ccccc5c4c3)nc(-c3ccc4c5c(cccc35)-c3ccccc3-4)n2)cc1. The summed E-state index contributed by atoms with van der Waals surface area (Å²) in [6, 6.07) is 62.0. The van der Waals surface area contributed by atoms with Crippen molar-refractivity contribution in [2.45, 2.75) is 0 Å². The summed E-state index contributed by atoms with van der Waals surface area (Å²) in [5, 5.41) is 9.61. The Morgan fingerprint density at radius 1 is 0.327 bits per heavy atom. The van der Waals surface area contributed by atoms with Crippen LogP contribution in [0.5, 0.6) is 0 Å². The van der Waals surface area contributed by atoms with Crippen molar-refractivity contribution in [2.24, 2.45) is 0 Å². The minimum Gasteiger partial charge on any atom is -0.260 e. The fourth-order valence-corrected chi connectivity index (χ4v) is 8.77. The number of rotatable bonds is 4. The van der Waals surface area contributed by atoms with Crippen LogP contribution in [0.15, 0.2) is 176 Å². The Kier molecular flexibility index (Phi) is 6.27. The van der Waals surface area contributed by atoms with Gasteiger partial charge in [0.2, 0.25) is 5.95 Å². The zero-order valence-electron chi connectivity index (χ0n) is 29.5. The molecule has 0 saturated heterocycles. The summed E-state index contributed by atoms with van der Waals surface area (Å²) in [6.07, 6.45) is 0. The summed E-state index contributed by atoms with van der Waals surface area (Å²) in [4.78, 5) is 21.1. The van der Waals surface area contributed by atoms with Crippen LogP contribution in [0, 0.1) is 0 Å². The van der Waals surface area contributed by atoms with Gasteiger partial charge in [0.1, 0.15) is 5.82 Å². The molecule has 0 saturated carbocycles. The second-order valence-electron chi connectivity index (χ2n) is 14.2. The molecule has 0 amide bonds. The second-order valence-corrected chi connectivity index (χ2v) is 14.2. The number of benzene rings is 9. The molecule has 55 heavy (non-hydrogen) atoms. The van der Waals surface area contributed by atoms with Gasteiger partial charge in [-0.1, -0.05) is 152 Å². The first-order valence-corrected chi connectivity index (χ1v) is 18.6. The molecule has 12 rings (SSSR count). The Bertz CT molecular complexity index is 3320. The first kappa shape index (κ1) is 30.0. The molecule has 5 heteroatoms. The van der Waals surface area contributed by atoms with Crippen LogP contribution in [0.3, 0.4) is 0 Å². The van der Waals surface area contributed by atoms with Crippen molar-refractivity contribution in [3.05, 3.63) is 176 Å². The highest BCUT2D eigenvalue weighted by Gasteiger charge is 2.25. The van der Waals surface area contributed by atoms with E-state index in [4.69, 9.17) is 19.9 Å². The van der Waals surface area contributed by atoms with E-state index in [9.17, 15) is 0 Å². The molecule has 0 radical (unpaired) electrons. The summed E-state index contributed by atoms with van der Waals surface area (Å²) < 4.78 is 2.08. The molecule has 5 nitrogen and oxygen atoms in total. The molecule has 0 spiro atoms.